The van der Waals surface area contributed by atoms with Crippen molar-refractivity contribution in [1.29, 1.82) is 0 Å². The third-order valence-electron chi connectivity index (χ3n) is 6.61. The maximum atomic E-state index is 13.5. The summed E-state index contributed by atoms with van der Waals surface area (Å²) >= 11 is 0. The first-order valence-corrected chi connectivity index (χ1v) is 11.2. The summed E-state index contributed by atoms with van der Waals surface area (Å²) in [6.07, 6.45) is 2.40. The fraction of sp³-hybridized carbons (Fsp3) is 0.385. The van der Waals surface area contributed by atoms with Gasteiger partial charge in [0.2, 0.25) is 0 Å². The predicted octanol–water partition coefficient (Wildman–Crippen LogP) is 3.48. The molecule has 6 heteroatoms. The number of amides is 2. The monoisotopic (exact) mass is 435 g/mol. The van der Waals surface area contributed by atoms with E-state index in [-0.39, 0.29) is 30.2 Å². The van der Waals surface area contributed by atoms with Crippen molar-refractivity contribution >= 4 is 17.4 Å². The fourth-order valence-corrected chi connectivity index (χ4v) is 4.53. The summed E-state index contributed by atoms with van der Waals surface area (Å²) in [7, 11) is 4.04. The molecule has 5 nitrogen and oxygen atoms in total. The number of piperidine rings is 1. The molecule has 0 aliphatic carbocycles. The van der Waals surface area contributed by atoms with E-state index in [0.29, 0.717) is 17.7 Å². The number of nitrogens with zero attached hydrogens (tertiary/aromatic N) is 3. The van der Waals surface area contributed by atoms with Gasteiger partial charge in [-0.15, -0.1) is 0 Å². The van der Waals surface area contributed by atoms with Crippen molar-refractivity contribution in [3.05, 3.63) is 76.7 Å². The largest absolute Gasteiger partial charge is 0.366 e. The molecule has 0 bridgehead atoms. The zero-order valence-electron chi connectivity index (χ0n) is 19.0. The van der Waals surface area contributed by atoms with Crippen LogP contribution in [0.5, 0.6) is 0 Å². The molecular weight excluding hydrogens is 405 g/mol. The molecule has 2 aromatic rings. The van der Waals surface area contributed by atoms with Crippen LogP contribution in [0.15, 0.2) is 54.2 Å². The van der Waals surface area contributed by atoms with Crippen molar-refractivity contribution in [3.63, 3.8) is 0 Å². The number of aryl methyl sites for hydroxylation is 1. The molecule has 2 heterocycles. The maximum Gasteiger partial charge on any atom is 0.277 e. The lowest BCUT2D eigenvalue weighted by Gasteiger charge is -2.36. The third kappa shape index (κ3) is 4.46. The van der Waals surface area contributed by atoms with Crippen LogP contribution in [0.2, 0.25) is 0 Å². The Morgan fingerprint density at radius 2 is 1.59 bits per heavy atom. The van der Waals surface area contributed by atoms with Gasteiger partial charge in [-0.05, 0) is 69.6 Å². The highest BCUT2D eigenvalue weighted by molar-refractivity contribution is 6.35. The first-order valence-electron chi connectivity index (χ1n) is 11.2. The Morgan fingerprint density at radius 3 is 2.22 bits per heavy atom. The lowest BCUT2D eigenvalue weighted by molar-refractivity contribution is -0.137. The van der Waals surface area contributed by atoms with Crippen LogP contribution in [-0.4, -0.2) is 66.3 Å². The Balaban J connectivity index is 1.63. The molecule has 168 valence electrons. The van der Waals surface area contributed by atoms with Gasteiger partial charge in [-0.2, -0.15) is 0 Å². The Labute approximate surface area is 189 Å². The molecule has 32 heavy (non-hydrogen) atoms. The minimum absolute atomic E-state index is 0.218. The van der Waals surface area contributed by atoms with Crippen LogP contribution in [-0.2, 0) is 16.0 Å². The van der Waals surface area contributed by atoms with Gasteiger partial charge in [0, 0.05) is 19.6 Å². The summed E-state index contributed by atoms with van der Waals surface area (Å²) in [5.74, 6) is -0.794. The van der Waals surface area contributed by atoms with E-state index in [1.165, 1.54) is 17.0 Å². The van der Waals surface area contributed by atoms with Crippen LogP contribution < -0.4 is 0 Å². The van der Waals surface area contributed by atoms with Crippen molar-refractivity contribution < 1.29 is 14.0 Å². The minimum Gasteiger partial charge on any atom is -0.366 e. The van der Waals surface area contributed by atoms with Crippen LogP contribution in [0.3, 0.4) is 0 Å². The van der Waals surface area contributed by atoms with Crippen molar-refractivity contribution in [2.24, 2.45) is 0 Å². The Morgan fingerprint density at radius 1 is 0.969 bits per heavy atom. The zero-order chi connectivity index (χ0) is 22.8. The number of carbonyl (C=O) groups is 2. The summed E-state index contributed by atoms with van der Waals surface area (Å²) in [5.41, 5.74) is 3.74. The Hall–Kier alpha value is -2.99. The molecule has 0 saturated carbocycles. The maximum absolute atomic E-state index is 13.5. The van der Waals surface area contributed by atoms with E-state index >= 15 is 0 Å². The third-order valence-corrected chi connectivity index (χ3v) is 6.61. The van der Waals surface area contributed by atoms with Gasteiger partial charge in [-0.25, -0.2) is 4.39 Å². The number of halogens is 1. The summed E-state index contributed by atoms with van der Waals surface area (Å²) in [5, 5.41) is 0. The number of imide groups is 1. The number of benzene rings is 2. The molecule has 0 atom stereocenters. The number of carbonyl (C=O) groups excluding carboxylic acids is 2. The highest BCUT2D eigenvalue weighted by atomic mass is 19.1. The average molecular weight is 436 g/mol. The molecule has 2 amide bonds. The molecular formula is C26H30FN3O2. The highest BCUT2D eigenvalue weighted by Crippen LogP contribution is 2.33. The highest BCUT2D eigenvalue weighted by Gasteiger charge is 2.42. The second kappa shape index (κ2) is 9.25. The molecule has 0 N–H and O–H groups in total. The number of rotatable bonds is 6. The molecule has 2 aliphatic heterocycles. The summed E-state index contributed by atoms with van der Waals surface area (Å²) < 4.78 is 13.2. The van der Waals surface area contributed by atoms with E-state index in [0.717, 1.165) is 42.6 Å². The van der Waals surface area contributed by atoms with Gasteiger partial charge in [0.1, 0.15) is 11.5 Å². The minimum atomic E-state index is -0.299. The molecule has 0 spiro atoms. The van der Waals surface area contributed by atoms with E-state index in [2.05, 4.69) is 11.9 Å². The van der Waals surface area contributed by atoms with Crippen molar-refractivity contribution in [3.8, 4) is 0 Å². The zero-order valence-corrected chi connectivity index (χ0v) is 19.0. The molecule has 2 aliphatic rings. The molecule has 0 aromatic heterocycles. The Kier molecular flexibility index (Phi) is 6.42. The van der Waals surface area contributed by atoms with E-state index < -0.39 is 0 Å². The first kappa shape index (κ1) is 22.2. The number of likely N-dealkylation sites (tertiary alicyclic amines) is 1. The van der Waals surface area contributed by atoms with Gasteiger partial charge < -0.3 is 9.80 Å². The lowest BCUT2D eigenvalue weighted by atomic mass is 9.99. The van der Waals surface area contributed by atoms with Crippen LogP contribution in [0, 0.1) is 12.7 Å². The van der Waals surface area contributed by atoms with Gasteiger partial charge in [0.05, 0.1) is 5.57 Å². The van der Waals surface area contributed by atoms with E-state index in [1.807, 2.05) is 43.1 Å². The van der Waals surface area contributed by atoms with Crippen LogP contribution >= 0.6 is 0 Å². The lowest BCUT2D eigenvalue weighted by Crippen LogP contribution is -2.43. The average Bonchev–Trinajstić information content (AvgIpc) is 3.03. The van der Waals surface area contributed by atoms with Crippen molar-refractivity contribution in [2.45, 2.75) is 32.2 Å². The van der Waals surface area contributed by atoms with Crippen LogP contribution in [0.1, 0.15) is 29.5 Å². The summed E-state index contributed by atoms with van der Waals surface area (Å²) in [4.78, 5) is 32.7. The second-order valence-electron chi connectivity index (χ2n) is 8.87. The SMILES string of the molecule is Cc1ccc(C2=C(N(C)C3CCN(C)CC3)C(=O)N(CCc3ccc(F)cc3)C2=O)cc1. The number of hydrogen-bond donors (Lipinski definition) is 0. The summed E-state index contributed by atoms with van der Waals surface area (Å²) in [6, 6.07) is 14.2. The smallest absolute Gasteiger partial charge is 0.277 e. The van der Waals surface area contributed by atoms with Crippen LogP contribution in [0.4, 0.5) is 4.39 Å². The van der Waals surface area contributed by atoms with Crippen molar-refractivity contribution in [1.82, 2.24) is 14.7 Å². The molecule has 1 fully saturated rings. The standard InChI is InChI=1S/C26H30FN3O2/c1-18-4-8-20(9-5-18)23-24(29(3)22-13-15-28(2)16-14-22)26(32)30(25(23)31)17-12-19-6-10-21(27)11-7-19/h4-11,22H,12-17H2,1-3H3. The molecule has 4 rings (SSSR count). The van der Waals surface area contributed by atoms with Gasteiger partial charge in [0.25, 0.3) is 11.8 Å². The predicted molar refractivity (Wildman–Crippen MR) is 123 cm³/mol. The van der Waals surface area contributed by atoms with E-state index in [1.54, 1.807) is 12.1 Å². The van der Waals surface area contributed by atoms with Gasteiger partial charge in [0.15, 0.2) is 0 Å². The van der Waals surface area contributed by atoms with Gasteiger partial charge >= 0.3 is 0 Å². The van der Waals surface area contributed by atoms with Gasteiger partial charge in [-0.1, -0.05) is 42.0 Å². The quantitative estimate of drug-likeness (QED) is 0.652. The number of hydrogen-bond acceptors (Lipinski definition) is 4. The van der Waals surface area contributed by atoms with Crippen molar-refractivity contribution in [2.75, 3.05) is 33.7 Å². The second-order valence-corrected chi connectivity index (χ2v) is 8.87. The Bertz CT molecular complexity index is 1020. The molecule has 0 radical (unpaired) electrons. The normalized spacial score (nSPS) is 18.1. The summed E-state index contributed by atoms with van der Waals surface area (Å²) in [6.45, 7) is 4.21. The first-order chi connectivity index (χ1) is 15.3. The molecule has 2 aromatic carbocycles. The fourth-order valence-electron chi connectivity index (χ4n) is 4.53. The van der Waals surface area contributed by atoms with E-state index in [9.17, 15) is 14.0 Å². The molecule has 0 unspecified atom stereocenters. The number of likely N-dealkylation sites (N-methyl/N-ethyl adjacent to an activating group) is 1. The topological polar surface area (TPSA) is 43.9 Å². The van der Waals surface area contributed by atoms with Gasteiger partial charge in [-0.3, -0.25) is 14.5 Å². The van der Waals surface area contributed by atoms with E-state index in [4.69, 9.17) is 0 Å². The molecule has 1 saturated heterocycles. The van der Waals surface area contributed by atoms with Crippen LogP contribution in [0.25, 0.3) is 5.57 Å².